The van der Waals surface area contributed by atoms with E-state index in [1.54, 1.807) is 6.08 Å². The third-order valence-electron chi connectivity index (χ3n) is 2.13. The van der Waals surface area contributed by atoms with Crippen LogP contribution < -0.4 is 5.56 Å². The van der Waals surface area contributed by atoms with Crippen LogP contribution in [0.2, 0.25) is 0 Å². The maximum atomic E-state index is 11.7. The molecule has 1 heterocycles. The molecular weight excluding hydrogens is 176 g/mol. The standard InChI is InChI=1S/C11H16N2O/c1-4-7-9-8-10(5-2)12-13(6-3)11(9)14/h4,8H,1,5-7H2,2-3H3. The van der Waals surface area contributed by atoms with Crippen molar-refractivity contribution < 1.29 is 0 Å². The molecule has 0 radical (unpaired) electrons. The predicted molar refractivity (Wildman–Crippen MR) is 57.5 cm³/mol. The molecule has 3 heteroatoms. The van der Waals surface area contributed by atoms with Crippen LogP contribution in [-0.4, -0.2) is 9.78 Å². The number of allylic oxidation sites excluding steroid dienone is 1. The average molecular weight is 192 g/mol. The molecule has 1 aromatic heterocycles. The molecule has 0 bridgehead atoms. The van der Waals surface area contributed by atoms with Gasteiger partial charge in [0.1, 0.15) is 0 Å². The van der Waals surface area contributed by atoms with Gasteiger partial charge in [-0.3, -0.25) is 4.79 Å². The minimum Gasteiger partial charge on any atom is -0.267 e. The first kappa shape index (κ1) is 10.7. The molecule has 1 aromatic rings. The summed E-state index contributed by atoms with van der Waals surface area (Å²) in [5, 5.41) is 4.22. The summed E-state index contributed by atoms with van der Waals surface area (Å²) in [6, 6.07) is 1.87. The smallest absolute Gasteiger partial charge is 0.267 e. The van der Waals surface area contributed by atoms with Gasteiger partial charge in [-0.05, 0) is 25.8 Å². The Morgan fingerprint density at radius 1 is 1.57 bits per heavy atom. The number of aryl methyl sites for hydroxylation is 2. The number of hydrogen-bond acceptors (Lipinski definition) is 2. The van der Waals surface area contributed by atoms with Gasteiger partial charge in [0.05, 0.1) is 5.69 Å². The Kier molecular flexibility index (Phi) is 3.63. The largest absolute Gasteiger partial charge is 0.270 e. The highest BCUT2D eigenvalue weighted by atomic mass is 16.1. The van der Waals surface area contributed by atoms with Crippen LogP contribution in [0.15, 0.2) is 23.5 Å². The lowest BCUT2D eigenvalue weighted by atomic mass is 10.2. The van der Waals surface area contributed by atoms with Crippen molar-refractivity contribution in [2.75, 3.05) is 0 Å². The fourth-order valence-corrected chi connectivity index (χ4v) is 1.35. The van der Waals surface area contributed by atoms with Gasteiger partial charge in [-0.2, -0.15) is 5.10 Å². The zero-order valence-electron chi connectivity index (χ0n) is 8.79. The number of hydrogen-bond donors (Lipinski definition) is 0. The Balaban J connectivity index is 3.26. The molecule has 0 spiro atoms. The molecule has 0 aliphatic heterocycles. The van der Waals surface area contributed by atoms with Crippen molar-refractivity contribution in [1.29, 1.82) is 0 Å². The van der Waals surface area contributed by atoms with E-state index < -0.39 is 0 Å². The van der Waals surface area contributed by atoms with E-state index in [-0.39, 0.29) is 5.56 Å². The van der Waals surface area contributed by atoms with Crippen LogP contribution in [0.5, 0.6) is 0 Å². The van der Waals surface area contributed by atoms with Crippen molar-refractivity contribution in [3.63, 3.8) is 0 Å². The molecule has 0 aliphatic carbocycles. The Labute approximate surface area is 84.1 Å². The first-order valence-corrected chi connectivity index (χ1v) is 4.93. The van der Waals surface area contributed by atoms with E-state index in [9.17, 15) is 4.79 Å². The van der Waals surface area contributed by atoms with Crippen molar-refractivity contribution in [2.45, 2.75) is 33.2 Å². The quantitative estimate of drug-likeness (QED) is 0.678. The fraction of sp³-hybridized carbons (Fsp3) is 0.455. The average Bonchev–Trinajstić information content (AvgIpc) is 2.21. The number of nitrogens with zero attached hydrogens (tertiary/aromatic N) is 2. The second-order valence-electron chi connectivity index (χ2n) is 3.13. The summed E-state index contributed by atoms with van der Waals surface area (Å²) < 4.78 is 1.51. The lowest BCUT2D eigenvalue weighted by Gasteiger charge is -2.06. The summed E-state index contributed by atoms with van der Waals surface area (Å²) in [5.74, 6) is 0. The van der Waals surface area contributed by atoms with E-state index >= 15 is 0 Å². The highest BCUT2D eigenvalue weighted by molar-refractivity contribution is 5.16. The van der Waals surface area contributed by atoms with Crippen LogP contribution in [0.4, 0.5) is 0 Å². The van der Waals surface area contributed by atoms with Crippen molar-refractivity contribution in [3.8, 4) is 0 Å². The minimum absolute atomic E-state index is 0.00426. The van der Waals surface area contributed by atoms with E-state index in [0.717, 1.165) is 17.7 Å². The number of rotatable bonds is 4. The second kappa shape index (κ2) is 4.74. The molecule has 0 unspecified atom stereocenters. The van der Waals surface area contributed by atoms with E-state index in [1.165, 1.54) is 4.68 Å². The minimum atomic E-state index is 0.00426. The third-order valence-corrected chi connectivity index (χ3v) is 2.13. The normalized spacial score (nSPS) is 10.1. The first-order chi connectivity index (χ1) is 6.72. The fourth-order valence-electron chi connectivity index (χ4n) is 1.35. The van der Waals surface area contributed by atoms with E-state index in [0.29, 0.717) is 13.0 Å². The molecule has 0 aromatic carbocycles. The first-order valence-electron chi connectivity index (χ1n) is 4.93. The summed E-state index contributed by atoms with van der Waals surface area (Å²) >= 11 is 0. The topological polar surface area (TPSA) is 34.9 Å². The van der Waals surface area contributed by atoms with Gasteiger partial charge in [0.15, 0.2) is 0 Å². The second-order valence-corrected chi connectivity index (χ2v) is 3.13. The summed E-state index contributed by atoms with van der Waals surface area (Å²) in [6.45, 7) is 8.22. The van der Waals surface area contributed by atoms with Gasteiger partial charge >= 0.3 is 0 Å². The molecule has 14 heavy (non-hydrogen) atoms. The molecule has 0 saturated carbocycles. The molecule has 0 fully saturated rings. The Morgan fingerprint density at radius 3 is 2.79 bits per heavy atom. The van der Waals surface area contributed by atoms with Crippen LogP contribution in [0.1, 0.15) is 25.1 Å². The zero-order valence-corrected chi connectivity index (χ0v) is 8.79. The van der Waals surface area contributed by atoms with Gasteiger partial charge < -0.3 is 0 Å². The Morgan fingerprint density at radius 2 is 2.29 bits per heavy atom. The SMILES string of the molecule is C=CCc1cc(CC)nn(CC)c1=O. The highest BCUT2D eigenvalue weighted by Crippen LogP contribution is 1.99. The molecule has 1 rings (SSSR count). The maximum Gasteiger partial charge on any atom is 0.270 e. The third kappa shape index (κ3) is 2.10. The Bertz CT molecular complexity index is 379. The number of aromatic nitrogens is 2. The highest BCUT2D eigenvalue weighted by Gasteiger charge is 2.04. The van der Waals surface area contributed by atoms with E-state index in [1.807, 2.05) is 19.9 Å². The molecule has 3 nitrogen and oxygen atoms in total. The Hall–Kier alpha value is -1.38. The van der Waals surface area contributed by atoms with Crippen LogP contribution in [0.3, 0.4) is 0 Å². The van der Waals surface area contributed by atoms with Gasteiger partial charge in [-0.15, -0.1) is 6.58 Å². The molecule has 0 atom stereocenters. The van der Waals surface area contributed by atoms with Crippen LogP contribution in [-0.2, 0) is 19.4 Å². The van der Waals surface area contributed by atoms with Crippen LogP contribution in [0.25, 0.3) is 0 Å². The van der Waals surface area contributed by atoms with Crippen molar-refractivity contribution in [3.05, 3.63) is 40.3 Å². The van der Waals surface area contributed by atoms with Gasteiger partial charge in [0.2, 0.25) is 0 Å². The summed E-state index contributed by atoms with van der Waals surface area (Å²) in [6.07, 6.45) is 3.22. The van der Waals surface area contributed by atoms with E-state index in [2.05, 4.69) is 11.7 Å². The molecule has 76 valence electrons. The van der Waals surface area contributed by atoms with Crippen molar-refractivity contribution in [1.82, 2.24) is 9.78 Å². The van der Waals surface area contributed by atoms with Crippen LogP contribution >= 0.6 is 0 Å². The maximum absolute atomic E-state index is 11.7. The molecule has 0 N–H and O–H groups in total. The molecule has 0 amide bonds. The van der Waals surface area contributed by atoms with Crippen molar-refractivity contribution in [2.24, 2.45) is 0 Å². The predicted octanol–water partition coefficient (Wildman–Crippen LogP) is 1.55. The lowest BCUT2D eigenvalue weighted by Crippen LogP contribution is -2.26. The van der Waals surface area contributed by atoms with Gasteiger partial charge in [-0.25, -0.2) is 4.68 Å². The van der Waals surface area contributed by atoms with E-state index in [4.69, 9.17) is 0 Å². The summed E-state index contributed by atoms with van der Waals surface area (Å²) in [4.78, 5) is 11.7. The zero-order chi connectivity index (χ0) is 10.6. The molecule has 0 aliphatic rings. The lowest BCUT2D eigenvalue weighted by molar-refractivity contribution is 0.593. The van der Waals surface area contributed by atoms with Gasteiger partial charge in [-0.1, -0.05) is 13.0 Å². The summed E-state index contributed by atoms with van der Waals surface area (Å²) in [7, 11) is 0. The van der Waals surface area contributed by atoms with Gasteiger partial charge in [0, 0.05) is 12.1 Å². The van der Waals surface area contributed by atoms with Crippen LogP contribution in [0, 0.1) is 0 Å². The van der Waals surface area contributed by atoms with Gasteiger partial charge in [0.25, 0.3) is 5.56 Å². The molecule has 0 saturated heterocycles. The monoisotopic (exact) mass is 192 g/mol. The van der Waals surface area contributed by atoms with Crippen molar-refractivity contribution >= 4 is 0 Å². The summed E-state index contributed by atoms with van der Waals surface area (Å²) in [5.41, 5.74) is 1.75. The molecular formula is C11H16N2O.